The van der Waals surface area contributed by atoms with E-state index in [-0.39, 0.29) is 0 Å². The molecule has 0 fully saturated rings. The molecule has 0 saturated carbocycles. The molecular weight excluding hydrogens is 248 g/mol. The van der Waals surface area contributed by atoms with Crippen LogP contribution in [0.5, 0.6) is 0 Å². The van der Waals surface area contributed by atoms with E-state index < -0.39 is 0 Å². The van der Waals surface area contributed by atoms with Crippen LogP contribution >= 0.6 is 27.3 Å². The molecular formula is C9H7BrN2S. The van der Waals surface area contributed by atoms with Gasteiger partial charge in [-0.25, -0.2) is 4.98 Å². The molecule has 0 spiro atoms. The summed E-state index contributed by atoms with van der Waals surface area (Å²) in [5.41, 5.74) is 1.96. The monoisotopic (exact) mass is 254 g/mol. The highest BCUT2D eigenvalue weighted by atomic mass is 79.9. The van der Waals surface area contributed by atoms with Gasteiger partial charge < -0.3 is 0 Å². The van der Waals surface area contributed by atoms with E-state index in [1.54, 1.807) is 17.5 Å². The highest BCUT2D eigenvalue weighted by Gasteiger charge is 2.06. The number of thiazole rings is 1. The Balaban J connectivity index is 2.52. The quantitative estimate of drug-likeness (QED) is 0.781. The van der Waals surface area contributed by atoms with Gasteiger partial charge in [0.15, 0.2) is 0 Å². The first kappa shape index (κ1) is 8.84. The molecule has 0 unspecified atom stereocenters. The highest BCUT2D eigenvalue weighted by Crippen LogP contribution is 2.27. The second-order valence-corrected chi connectivity index (χ2v) is 4.34. The molecule has 4 heteroatoms. The van der Waals surface area contributed by atoms with Gasteiger partial charge in [-0.2, -0.15) is 0 Å². The minimum atomic E-state index is 0.917. The normalized spacial score (nSPS) is 10.3. The molecule has 0 aliphatic rings. The molecule has 2 heterocycles. The van der Waals surface area contributed by atoms with Crippen LogP contribution in [0.15, 0.2) is 28.2 Å². The lowest BCUT2D eigenvalue weighted by atomic mass is 10.4. The summed E-state index contributed by atoms with van der Waals surface area (Å²) in [5, 5.41) is 2.99. The maximum Gasteiger partial charge on any atom is 0.143 e. The molecule has 0 aromatic carbocycles. The second kappa shape index (κ2) is 3.55. The molecule has 66 valence electrons. The van der Waals surface area contributed by atoms with Crippen molar-refractivity contribution in [2.45, 2.75) is 6.92 Å². The van der Waals surface area contributed by atoms with Gasteiger partial charge in [0, 0.05) is 21.7 Å². The van der Waals surface area contributed by atoms with Crippen LogP contribution in [-0.2, 0) is 0 Å². The number of nitrogens with zero attached hydrogens (tertiary/aromatic N) is 2. The van der Waals surface area contributed by atoms with Crippen LogP contribution in [-0.4, -0.2) is 9.97 Å². The predicted molar refractivity (Wildman–Crippen MR) is 57.8 cm³/mol. The molecule has 0 atom stereocenters. The molecule has 2 nitrogen and oxygen atoms in total. The average molecular weight is 255 g/mol. The topological polar surface area (TPSA) is 25.8 Å². The maximum absolute atomic E-state index is 4.37. The third kappa shape index (κ3) is 1.78. The van der Waals surface area contributed by atoms with Crippen molar-refractivity contribution in [3.63, 3.8) is 0 Å². The molecule has 2 aromatic heterocycles. The summed E-state index contributed by atoms with van der Waals surface area (Å²) in [5.74, 6) is 0. The Labute approximate surface area is 88.8 Å². The Hall–Kier alpha value is -0.740. The van der Waals surface area contributed by atoms with E-state index in [9.17, 15) is 0 Å². The van der Waals surface area contributed by atoms with E-state index in [1.807, 2.05) is 24.4 Å². The van der Waals surface area contributed by atoms with Crippen molar-refractivity contribution in [3.8, 4) is 10.7 Å². The SMILES string of the molecule is Cc1csc(-c2ncccc2Br)n1. The van der Waals surface area contributed by atoms with Gasteiger partial charge in [0.1, 0.15) is 10.7 Å². The summed E-state index contributed by atoms with van der Waals surface area (Å²) in [6, 6.07) is 3.87. The van der Waals surface area contributed by atoms with E-state index in [0.717, 1.165) is 20.9 Å². The Kier molecular flexibility index (Phi) is 2.42. The number of hydrogen-bond donors (Lipinski definition) is 0. The first-order valence-electron chi connectivity index (χ1n) is 3.80. The molecule has 2 aromatic rings. The number of aromatic nitrogens is 2. The summed E-state index contributed by atoms with van der Waals surface area (Å²) in [6.07, 6.45) is 1.77. The van der Waals surface area contributed by atoms with Crippen molar-refractivity contribution in [1.82, 2.24) is 9.97 Å². The third-order valence-electron chi connectivity index (χ3n) is 1.58. The van der Waals surface area contributed by atoms with Gasteiger partial charge in [-0.3, -0.25) is 4.98 Å². The number of aryl methyl sites for hydroxylation is 1. The van der Waals surface area contributed by atoms with Crippen molar-refractivity contribution in [1.29, 1.82) is 0 Å². The van der Waals surface area contributed by atoms with Crippen LogP contribution in [0.3, 0.4) is 0 Å². The minimum absolute atomic E-state index is 0.917. The zero-order valence-corrected chi connectivity index (χ0v) is 9.39. The van der Waals surface area contributed by atoms with Gasteiger partial charge in [0.25, 0.3) is 0 Å². The largest absolute Gasteiger partial charge is 0.253 e. The second-order valence-electron chi connectivity index (χ2n) is 2.63. The van der Waals surface area contributed by atoms with Crippen LogP contribution in [0.4, 0.5) is 0 Å². The van der Waals surface area contributed by atoms with Crippen LogP contribution in [0.2, 0.25) is 0 Å². The maximum atomic E-state index is 4.37. The number of hydrogen-bond acceptors (Lipinski definition) is 3. The van der Waals surface area contributed by atoms with Gasteiger partial charge in [0.05, 0.1) is 0 Å². The van der Waals surface area contributed by atoms with Crippen molar-refractivity contribution in [2.24, 2.45) is 0 Å². The summed E-state index contributed by atoms with van der Waals surface area (Å²) in [6.45, 7) is 1.98. The molecule has 0 aliphatic carbocycles. The first-order valence-corrected chi connectivity index (χ1v) is 5.47. The van der Waals surface area contributed by atoms with Gasteiger partial charge >= 0.3 is 0 Å². The molecule has 0 N–H and O–H groups in total. The fourth-order valence-corrected chi connectivity index (χ4v) is 2.39. The Bertz CT molecular complexity index is 425. The summed E-state index contributed by atoms with van der Waals surface area (Å²) < 4.78 is 0.990. The fourth-order valence-electron chi connectivity index (χ4n) is 1.01. The molecule has 0 bridgehead atoms. The van der Waals surface area contributed by atoms with Gasteiger partial charge in [-0.1, -0.05) is 0 Å². The van der Waals surface area contributed by atoms with Gasteiger partial charge in [-0.05, 0) is 35.0 Å². The number of rotatable bonds is 1. The summed E-state index contributed by atoms with van der Waals surface area (Å²) in [4.78, 5) is 8.63. The Morgan fingerprint density at radius 2 is 2.31 bits per heavy atom. The number of pyridine rings is 1. The Morgan fingerprint density at radius 3 is 2.92 bits per heavy atom. The Morgan fingerprint density at radius 1 is 1.46 bits per heavy atom. The summed E-state index contributed by atoms with van der Waals surface area (Å²) in [7, 11) is 0. The molecule has 0 radical (unpaired) electrons. The lowest BCUT2D eigenvalue weighted by molar-refractivity contribution is 1.23. The van der Waals surface area contributed by atoms with E-state index in [2.05, 4.69) is 25.9 Å². The van der Waals surface area contributed by atoms with Crippen LogP contribution in [0, 0.1) is 6.92 Å². The zero-order valence-electron chi connectivity index (χ0n) is 6.99. The van der Waals surface area contributed by atoms with E-state index in [1.165, 1.54) is 0 Å². The lowest BCUT2D eigenvalue weighted by Crippen LogP contribution is -1.83. The number of halogens is 1. The lowest BCUT2D eigenvalue weighted by Gasteiger charge is -1.96. The third-order valence-corrected chi connectivity index (χ3v) is 3.19. The molecule has 13 heavy (non-hydrogen) atoms. The van der Waals surface area contributed by atoms with E-state index in [4.69, 9.17) is 0 Å². The van der Waals surface area contributed by atoms with Crippen molar-refractivity contribution in [3.05, 3.63) is 33.9 Å². The summed E-state index contributed by atoms with van der Waals surface area (Å²) >= 11 is 5.06. The van der Waals surface area contributed by atoms with Gasteiger partial charge in [0.2, 0.25) is 0 Å². The predicted octanol–water partition coefficient (Wildman–Crippen LogP) is 3.28. The standard InChI is InChI=1S/C9H7BrN2S/c1-6-5-13-9(12-6)8-7(10)3-2-4-11-8/h2-5H,1H3. The average Bonchev–Trinajstić information content (AvgIpc) is 2.53. The van der Waals surface area contributed by atoms with Gasteiger partial charge in [-0.15, -0.1) is 11.3 Å². The van der Waals surface area contributed by atoms with Crippen LogP contribution in [0.25, 0.3) is 10.7 Å². The molecule has 0 aliphatic heterocycles. The molecule has 0 saturated heterocycles. The van der Waals surface area contributed by atoms with Crippen LogP contribution < -0.4 is 0 Å². The molecule has 2 rings (SSSR count). The van der Waals surface area contributed by atoms with Crippen molar-refractivity contribution in [2.75, 3.05) is 0 Å². The van der Waals surface area contributed by atoms with E-state index >= 15 is 0 Å². The van der Waals surface area contributed by atoms with Crippen LogP contribution in [0.1, 0.15) is 5.69 Å². The zero-order chi connectivity index (χ0) is 9.26. The fraction of sp³-hybridized carbons (Fsp3) is 0.111. The minimum Gasteiger partial charge on any atom is -0.253 e. The first-order chi connectivity index (χ1) is 6.27. The van der Waals surface area contributed by atoms with Crippen molar-refractivity contribution >= 4 is 27.3 Å². The highest BCUT2D eigenvalue weighted by molar-refractivity contribution is 9.10. The molecule has 0 amide bonds. The van der Waals surface area contributed by atoms with Crippen molar-refractivity contribution < 1.29 is 0 Å². The van der Waals surface area contributed by atoms with E-state index in [0.29, 0.717) is 0 Å². The smallest absolute Gasteiger partial charge is 0.143 e.